The molecule has 0 heterocycles. The molecule has 0 aliphatic heterocycles. The molecular weight excluding hydrogens is 256 g/mol. The molecule has 108 valence electrons. The van der Waals surface area contributed by atoms with Crippen molar-refractivity contribution in [1.29, 1.82) is 0 Å². The SMILES string of the molecule is CCCCCCOc1ccc2cc3ccccc3cc2c1. The highest BCUT2D eigenvalue weighted by Crippen LogP contribution is 2.26. The first kappa shape index (κ1) is 13.9. The Labute approximate surface area is 126 Å². The van der Waals surface area contributed by atoms with Gasteiger partial charge in [-0.3, -0.25) is 0 Å². The Balaban J connectivity index is 1.77. The molecule has 0 unspecified atom stereocenters. The summed E-state index contributed by atoms with van der Waals surface area (Å²) in [6, 6.07) is 19.4. The smallest absolute Gasteiger partial charge is 0.119 e. The molecule has 0 spiro atoms. The van der Waals surface area contributed by atoms with E-state index in [0.29, 0.717) is 0 Å². The lowest BCUT2D eigenvalue weighted by molar-refractivity contribution is 0.305. The lowest BCUT2D eigenvalue weighted by atomic mass is 10.0. The van der Waals surface area contributed by atoms with Gasteiger partial charge in [0.05, 0.1) is 6.61 Å². The van der Waals surface area contributed by atoms with Crippen molar-refractivity contribution in [2.45, 2.75) is 32.6 Å². The molecule has 0 radical (unpaired) electrons. The number of fused-ring (bicyclic) bond motifs is 2. The van der Waals surface area contributed by atoms with Gasteiger partial charge in [-0.1, -0.05) is 56.5 Å². The number of hydrogen-bond donors (Lipinski definition) is 0. The summed E-state index contributed by atoms with van der Waals surface area (Å²) < 4.78 is 5.87. The van der Waals surface area contributed by atoms with E-state index in [2.05, 4.69) is 61.5 Å². The van der Waals surface area contributed by atoms with Crippen molar-refractivity contribution in [3.05, 3.63) is 54.6 Å². The van der Waals surface area contributed by atoms with Gasteiger partial charge >= 0.3 is 0 Å². The van der Waals surface area contributed by atoms with E-state index in [0.717, 1.165) is 18.8 Å². The van der Waals surface area contributed by atoms with Gasteiger partial charge in [0.2, 0.25) is 0 Å². The Morgan fingerprint density at radius 3 is 2.19 bits per heavy atom. The fourth-order valence-corrected chi connectivity index (χ4v) is 2.73. The second kappa shape index (κ2) is 6.62. The Kier molecular flexibility index (Phi) is 4.40. The van der Waals surface area contributed by atoms with Crippen molar-refractivity contribution >= 4 is 21.5 Å². The van der Waals surface area contributed by atoms with E-state index in [1.165, 1.54) is 40.8 Å². The maximum Gasteiger partial charge on any atom is 0.119 e. The summed E-state index contributed by atoms with van der Waals surface area (Å²) in [6.07, 6.45) is 4.97. The van der Waals surface area contributed by atoms with E-state index in [4.69, 9.17) is 4.74 Å². The van der Waals surface area contributed by atoms with Crippen LogP contribution in [-0.4, -0.2) is 6.61 Å². The van der Waals surface area contributed by atoms with Gasteiger partial charge in [-0.05, 0) is 52.2 Å². The molecule has 1 nitrogen and oxygen atoms in total. The van der Waals surface area contributed by atoms with Crippen LogP contribution in [0.3, 0.4) is 0 Å². The Bertz CT molecular complexity index is 730. The largest absolute Gasteiger partial charge is 0.494 e. The van der Waals surface area contributed by atoms with Gasteiger partial charge in [0.25, 0.3) is 0 Å². The van der Waals surface area contributed by atoms with E-state index in [1.807, 2.05) is 0 Å². The normalized spacial score (nSPS) is 11.1. The molecule has 0 fully saturated rings. The Morgan fingerprint density at radius 1 is 0.714 bits per heavy atom. The highest BCUT2D eigenvalue weighted by Gasteiger charge is 2.00. The molecule has 3 aromatic rings. The predicted octanol–water partition coefficient (Wildman–Crippen LogP) is 5.95. The molecule has 1 heteroatoms. The van der Waals surface area contributed by atoms with Gasteiger partial charge in [-0.25, -0.2) is 0 Å². The zero-order chi connectivity index (χ0) is 14.5. The molecule has 3 aromatic carbocycles. The lowest BCUT2D eigenvalue weighted by Crippen LogP contribution is -1.97. The van der Waals surface area contributed by atoms with Crippen molar-refractivity contribution in [3.63, 3.8) is 0 Å². The molecule has 3 rings (SSSR count). The third kappa shape index (κ3) is 3.36. The van der Waals surface area contributed by atoms with Crippen LogP contribution in [0.25, 0.3) is 21.5 Å². The van der Waals surface area contributed by atoms with Crippen molar-refractivity contribution in [2.75, 3.05) is 6.61 Å². The predicted molar refractivity (Wildman–Crippen MR) is 91.1 cm³/mol. The van der Waals surface area contributed by atoms with E-state index in [9.17, 15) is 0 Å². The standard InChI is InChI=1S/C20H22O/c1-2-3-4-7-12-21-20-11-10-18-13-16-8-5-6-9-17(16)14-19(18)15-20/h5-6,8-11,13-15H,2-4,7,12H2,1H3. The molecule has 0 saturated carbocycles. The topological polar surface area (TPSA) is 9.23 Å². The summed E-state index contributed by atoms with van der Waals surface area (Å²) in [5.74, 6) is 0.981. The third-order valence-electron chi connectivity index (χ3n) is 3.94. The first-order chi connectivity index (χ1) is 10.4. The molecule has 0 aromatic heterocycles. The Morgan fingerprint density at radius 2 is 1.43 bits per heavy atom. The number of rotatable bonds is 6. The molecular formula is C20H22O. The van der Waals surface area contributed by atoms with Crippen LogP contribution in [0.2, 0.25) is 0 Å². The van der Waals surface area contributed by atoms with Gasteiger partial charge < -0.3 is 4.74 Å². The molecule has 0 N–H and O–H groups in total. The molecule has 0 atom stereocenters. The minimum atomic E-state index is 0.819. The van der Waals surface area contributed by atoms with Crippen LogP contribution >= 0.6 is 0 Å². The second-order valence-electron chi connectivity index (χ2n) is 5.62. The zero-order valence-electron chi connectivity index (χ0n) is 12.6. The Hall–Kier alpha value is -2.02. The molecule has 21 heavy (non-hydrogen) atoms. The van der Waals surface area contributed by atoms with E-state index >= 15 is 0 Å². The van der Waals surface area contributed by atoms with E-state index in [1.54, 1.807) is 0 Å². The van der Waals surface area contributed by atoms with Gasteiger partial charge in [0.1, 0.15) is 5.75 Å². The van der Waals surface area contributed by atoms with E-state index in [-0.39, 0.29) is 0 Å². The fourth-order valence-electron chi connectivity index (χ4n) is 2.73. The number of hydrogen-bond acceptors (Lipinski definition) is 1. The van der Waals surface area contributed by atoms with Crippen LogP contribution in [0.4, 0.5) is 0 Å². The number of ether oxygens (including phenoxy) is 1. The van der Waals surface area contributed by atoms with Gasteiger partial charge in [-0.15, -0.1) is 0 Å². The quantitative estimate of drug-likeness (QED) is 0.400. The van der Waals surface area contributed by atoms with Crippen LogP contribution in [0.15, 0.2) is 54.6 Å². The summed E-state index contributed by atoms with van der Waals surface area (Å²) in [7, 11) is 0. The second-order valence-corrected chi connectivity index (χ2v) is 5.62. The van der Waals surface area contributed by atoms with Crippen molar-refractivity contribution in [2.24, 2.45) is 0 Å². The van der Waals surface area contributed by atoms with Crippen LogP contribution in [0.5, 0.6) is 5.75 Å². The maximum atomic E-state index is 5.87. The summed E-state index contributed by atoms with van der Waals surface area (Å²) in [5, 5.41) is 5.09. The minimum Gasteiger partial charge on any atom is -0.494 e. The fraction of sp³-hybridized carbons (Fsp3) is 0.300. The lowest BCUT2D eigenvalue weighted by Gasteiger charge is -2.08. The molecule has 0 bridgehead atoms. The summed E-state index contributed by atoms with van der Waals surface area (Å²) in [5.41, 5.74) is 0. The van der Waals surface area contributed by atoms with Crippen LogP contribution < -0.4 is 4.74 Å². The summed E-state index contributed by atoms with van der Waals surface area (Å²) >= 11 is 0. The first-order valence-corrected chi connectivity index (χ1v) is 7.92. The highest BCUT2D eigenvalue weighted by molar-refractivity contribution is 5.98. The van der Waals surface area contributed by atoms with Crippen LogP contribution in [0.1, 0.15) is 32.6 Å². The zero-order valence-corrected chi connectivity index (χ0v) is 12.6. The van der Waals surface area contributed by atoms with Crippen LogP contribution in [-0.2, 0) is 0 Å². The number of unbranched alkanes of at least 4 members (excludes halogenated alkanes) is 3. The highest BCUT2D eigenvalue weighted by atomic mass is 16.5. The van der Waals surface area contributed by atoms with Crippen molar-refractivity contribution in [3.8, 4) is 5.75 Å². The first-order valence-electron chi connectivity index (χ1n) is 7.92. The molecule has 0 aliphatic rings. The average Bonchev–Trinajstić information content (AvgIpc) is 2.52. The van der Waals surface area contributed by atoms with Gasteiger partial charge in [0.15, 0.2) is 0 Å². The van der Waals surface area contributed by atoms with Crippen molar-refractivity contribution in [1.82, 2.24) is 0 Å². The maximum absolute atomic E-state index is 5.87. The minimum absolute atomic E-state index is 0.819. The van der Waals surface area contributed by atoms with Gasteiger partial charge in [0, 0.05) is 0 Å². The van der Waals surface area contributed by atoms with E-state index < -0.39 is 0 Å². The third-order valence-corrected chi connectivity index (χ3v) is 3.94. The monoisotopic (exact) mass is 278 g/mol. The average molecular weight is 278 g/mol. The number of benzene rings is 3. The van der Waals surface area contributed by atoms with Gasteiger partial charge in [-0.2, -0.15) is 0 Å². The molecule has 0 aliphatic carbocycles. The summed E-state index contributed by atoms with van der Waals surface area (Å²) in [6.45, 7) is 3.05. The summed E-state index contributed by atoms with van der Waals surface area (Å²) in [4.78, 5) is 0. The van der Waals surface area contributed by atoms with Crippen molar-refractivity contribution < 1.29 is 4.74 Å². The molecule has 0 saturated heterocycles. The molecule has 0 amide bonds. The van der Waals surface area contributed by atoms with Crippen LogP contribution in [0, 0.1) is 0 Å².